The van der Waals surface area contributed by atoms with Gasteiger partial charge in [0.15, 0.2) is 0 Å². The number of ether oxygens (including phenoxy) is 1. The van der Waals surface area contributed by atoms with Crippen molar-refractivity contribution in [1.82, 2.24) is 14.5 Å². The molecule has 3 aromatic rings. The number of hydrogen-bond acceptors (Lipinski definition) is 6. The molecule has 0 radical (unpaired) electrons. The maximum atomic E-state index is 13.1. The van der Waals surface area contributed by atoms with Gasteiger partial charge in [-0.2, -0.15) is 0 Å². The lowest BCUT2D eigenvalue weighted by molar-refractivity contribution is -0.131. The quantitative estimate of drug-likeness (QED) is 0.568. The second-order valence-electron chi connectivity index (χ2n) is 7.77. The predicted molar refractivity (Wildman–Crippen MR) is 119 cm³/mol. The zero-order valence-electron chi connectivity index (χ0n) is 17.5. The molecule has 1 fully saturated rings. The van der Waals surface area contributed by atoms with Gasteiger partial charge in [0.2, 0.25) is 5.91 Å². The van der Waals surface area contributed by atoms with Crippen molar-refractivity contribution < 1.29 is 14.3 Å². The molecule has 1 saturated heterocycles. The molecule has 1 aliphatic heterocycles. The molecule has 0 unspecified atom stereocenters. The molecule has 1 aliphatic rings. The summed E-state index contributed by atoms with van der Waals surface area (Å²) >= 11 is 1.15. The number of carbonyl (C=O) groups is 2. The molecule has 0 spiro atoms. The SMILES string of the molecule is Cc1c(C(=O)OCc2ccccc2)sc2ncn(CC(=O)N3CCCCCC3)c(=O)c12. The van der Waals surface area contributed by atoms with Gasteiger partial charge >= 0.3 is 5.97 Å². The van der Waals surface area contributed by atoms with E-state index in [1.165, 1.54) is 10.9 Å². The van der Waals surface area contributed by atoms with Gasteiger partial charge in [0.05, 0.1) is 11.7 Å². The van der Waals surface area contributed by atoms with Crippen molar-refractivity contribution in [2.75, 3.05) is 13.1 Å². The summed E-state index contributed by atoms with van der Waals surface area (Å²) < 4.78 is 6.77. The normalized spacial score (nSPS) is 14.4. The molecule has 0 saturated carbocycles. The van der Waals surface area contributed by atoms with Gasteiger partial charge in [-0.05, 0) is 30.9 Å². The average molecular weight is 440 g/mol. The van der Waals surface area contributed by atoms with Gasteiger partial charge in [0.1, 0.15) is 22.9 Å². The van der Waals surface area contributed by atoms with Crippen molar-refractivity contribution in [3.8, 4) is 0 Å². The Morgan fingerprint density at radius 3 is 2.52 bits per heavy atom. The largest absolute Gasteiger partial charge is 0.457 e. The maximum absolute atomic E-state index is 13.1. The van der Waals surface area contributed by atoms with E-state index in [9.17, 15) is 14.4 Å². The number of amides is 1. The van der Waals surface area contributed by atoms with Crippen molar-refractivity contribution >= 4 is 33.4 Å². The molecule has 162 valence electrons. The standard InChI is InChI=1S/C23H25N3O4S/c1-16-19-21(31-20(16)23(29)30-14-17-9-5-4-6-10-17)24-15-26(22(19)28)13-18(27)25-11-7-2-3-8-12-25/h4-6,9-10,15H,2-3,7-8,11-14H2,1H3. The van der Waals surface area contributed by atoms with Crippen LogP contribution < -0.4 is 5.56 Å². The van der Waals surface area contributed by atoms with Gasteiger partial charge < -0.3 is 9.64 Å². The molecule has 31 heavy (non-hydrogen) atoms. The highest BCUT2D eigenvalue weighted by molar-refractivity contribution is 7.20. The van der Waals surface area contributed by atoms with Crippen LogP contribution in [0.5, 0.6) is 0 Å². The monoisotopic (exact) mass is 439 g/mol. The third kappa shape index (κ3) is 4.69. The van der Waals surface area contributed by atoms with Crippen LogP contribution in [0.15, 0.2) is 41.5 Å². The van der Waals surface area contributed by atoms with Crippen LogP contribution in [0.2, 0.25) is 0 Å². The van der Waals surface area contributed by atoms with Crippen LogP contribution in [0.3, 0.4) is 0 Å². The topological polar surface area (TPSA) is 81.5 Å². The van der Waals surface area contributed by atoms with Crippen LogP contribution in [0.4, 0.5) is 0 Å². The summed E-state index contributed by atoms with van der Waals surface area (Å²) in [4.78, 5) is 45.4. The molecule has 2 aromatic heterocycles. The third-order valence-electron chi connectivity index (χ3n) is 5.58. The van der Waals surface area contributed by atoms with Crippen LogP contribution in [-0.2, 0) is 22.7 Å². The smallest absolute Gasteiger partial charge is 0.349 e. The molecule has 7 nitrogen and oxygen atoms in total. The highest BCUT2D eigenvalue weighted by atomic mass is 32.1. The fourth-order valence-electron chi connectivity index (χ4n) is 3.82. The minimum absolute atomic E-state index is 0.0369. The maximum Gasteiger partial charge on any atom is 0.349 e. The Balaban J connectivity index is 1.53. The van der Waals surface area contributed by atoms with Gasteiger partial charge in [-0.3, -0.25) is 14.2 Å². The number of fused-ring (bicyclic) bond motifs is 1. The van der Waals surface area contributed by atoms with Crippen LogP contribution in [0.1, 0.15) is 46.5 Å². The Morgan fingerprint density at radius 1 is 1.10 bits per heavy atom. The Kier molecular flexibility index (Phi) is 6.46. The lowest BCUT2D eigenvalue weighted by Gasteiger charge is -2.20. The summed E-state index contributed by atoms with van der Waals surface area (Å²) in [6.07, 6.45) is 5.66. The molecule has 1 aromatic carbocycles. The molecule has 1 amide bonds. The molecular formula is C23H25N3O4S. The summed E-state index contributed by atoms with van der Waals surface area (Å²) in [5.74, 6) is -0.545. The Labute approximate surface area is 184 Å². The fourth-order valence-corrected chi connectivity index (χ4v) is 4.85. The molecule has 0 N–H and O–H groups in total. The molecule has 8 heteroatoms. The number of aryl methyl sites for hydroxylation is 1. The van der Waals surface area contributed by atoms with E-state index in [4.69, 9.17) is 4.74 Å². The van der Waals surface area contributed by atoms with Gasteiger partial charge in [-0.15, -0.1) is 11.3 Å². The first-order chi connectivity index (χ1) is 15.0. The van der Waals surface area contributed by atoms with E-state index >= 15 is 0 Å². The van der Waals surface area contributed by atoms with Crippen LogP contribution >= 0.6 is 11.3 Å². The minimum atomic E-state index is -0.476. The molecule has 0 aliphatic carbocycles. The first-order valence-corrected chi connectivity index (χ1v) is 11.3. The zero-order chi connectivity index (χ0) is 21.8. The first kappa shape index (κ1) is 21.2. The summed E-state index contributed by atoms with van der Waals surface area (Å²) in [7, 11) is 0. The van der Waals surface area contributed by atoms with E-state index in [1.807, 2.05) is 35.2 Å². The number of benzene rings is 1. The number of carbonyl (C=O) groups excluding carboxylic acids is 2. The van der Waals surface area contributed by atoms with Gasteiger partial charge in [-0.25, -0.2) is 9.78 Å². The minimum Gasteiger partial charge on any atom is -0.457 e. The number of thiophene rings is 1. The Morgan fingerprint density at radius 2 is 1.81 bits per heavy atom. The summed E-state index contributed by atoms with van der Waals surface area (Å²) in [6.45, 7) is 3.32. The first-order valence-electron chi connectivity index (χ1n) is 10.5. The molecule has 0 atom stereocenters. The Bertz CT molecular complexity index is 1140. The van der Waals surface area contributed by atoms with E-state index in [0.717, 1.165) is 55.7 Å². The fraction of sp³-hybridized carbons (Fsp3) is 0.391. The van der Waals surface area contributed by atoms with Crippen molar-refractivity contribution in [2.24, 2.45) is 0 Å². The van der Waals surface area contributed by atoms with Crippen molar-refractivity contribution in [3.63, 3.8) is 0 Å². The highest BCUT2D eigenvalue weighted by Crippen LogP contribution is 2.27. The second kappa shape index (κ2) is 9.43. The summed E-state index contributed by atoms with van der Waals surface area (Å²) in [5, 5.41) is 0.378. The van der Waals surface area contributed by atoms with Crippen molar-refractivity contribution in [3.05, 3.63) is 63.0 Å². The number of hydrogen-bond donors (Lipinski definition) is 0. The van der Waals surface area contributed by atoms with Crippen LogP contribution in [-0.4, -0.2) is 39.4 Å². The van der Waals surface area contributed by atoms with E-state index in [-0.39, 0.29) is 24.6 Å². The number of esters is 1. The van der Waals surface area contributed by atoms with Gasteiger partial charge in [0, 0.05) is 13.1 Å². The average Bonchev–Trinajstić information content (AvgIpc) is 2.95. The van der Waals surface area contributed by atoms with E-state index in [2.05, 4.69) is 4.98 Å². The predicted octanol–water partition coefficient (Wildman–Crippen LogP) is 3.53. The van der Waals surface area contributed by atoms with Gasteiger partial charge in [0.25, 0.3) is 5.56 Å². The second-order valence-corrected chi connectivity index (χ2v) is 8.77. The molecule has 4 rings (SSSR count). The number of nitrogens with zero attached hydrogens (tertiary/aromatic N) is 3. The zero-order valence-corrected chi connectivity index (χ0v) is 18.3. The summed E-state index contributed by atoms with van der Waals surface area (Å²) in [6, 6.07) is 9.43. The molecule has 0 bridgehead atoms. The number of likely N-dealkylation sites (tertiary alicyclic amines) is 1. The van der Waals surface area contributed by atoms with Gasteiger partial charge in [-0.1, -0.05) is 43.2 Å². The number of aromatic nitrogens is 2. The lowest BCUT2D eigenvalue weighted by Crippen LogP contribution is -2.37. The van der Waals surface area contributed by atoms with Crippen molar-refractivity contribution in [2.45, 2.75) is 45.8 Å². The molecular weight excluding hydrogens is 414 g/mol. The van der Waals surface area contributed by atoms with Crippen LogP contribution in [0.25, 0.3) is 10.2 Å². The van der Waals surface area contributed by atoms with E-state index < -0.39 is 5.97 Å². The highest BCUT2D eigenvalue weighted by Gasteiger charge is 2.22. The lowest BCUT2D eigenvalue weighted by atomic mass is 10.2. The third-order valence-corrected chi connectivity index (χ3v) is 6.76. The van der Waals surface area contributed by atoms with Crippen molar-refractivity contribution in [1.29, 1.82) is 0 Å². The summed E-state index contributed by atoms with van der Waals surface area (Å²) in [5.41, 5.74) is 1.14. The molecule has 3 heterocycles. The van der Waals surface area contributed by atoms with E-state index in [1.54, 1.807) is 6.92 Å². The Hall–Kier alpha value is -3.00. The van der Waals surface area contributed by atoms with Crippen LogP contribution in [0, 0.1) is 6.92 Å². The van der Waals surface area contributed by atoms with E-state index in [0.29, 0.717) is 20.7 Å². The number of rotatable bonds is 5.